The first kappa shape index (κ1) is 16.1. The van der Waals surface area contributed by atoms with E-state index in [1.54, 1.807) is 6.07 Å². The summed E-state index contributed by atoms with van der Waals surface area (Å²) in [5, 5.41) is 4.66. The molecule has 0 radical (unpaired) electrons. The van der Waals surface area contributed by atoms with Crippen molar-refractivity contribution in [2.45, 2.75) is 39.2 Å². The quantitative estimate of drug-likeness (QED) is 0.765. The molecule has 0 saturated heterocycles. The second-order valence-corrected chi connectivity index (χ2v) is 7.06. The van der Waals surface area contributed by atoms with Crippen LogP contribution in [0.2, 0.25) is 10.0 Å². The van der Waals surface area contributed by atoms with E-state index in [0.717, 1.165) is 11.4 Å². The molecule has 1 heterocycles. The molecule has 0 aliphatic carbocycles. The van der Waals surface area contributed by atoms with Crippen LogP contribution in [0, 0.1) is 0 Å². The average molecular weight is 323 g/mol. The van der Waals surface area contributed by atoms with Gasteiger partial charge in [0.1, 0.15) is 5.82 Å². The molecule has 0 fully saturated rings. The topological polar surface area (TPSA) is 24.9 Å². The van der Waals surface area contributed by atoms with Gasteiger partial charge in [0, 0.05) is 16.2 Å². The number of nitrogens with zero attached hydrogens (tertiary/aromatic N) is 1. The van der Waals surface area contributed by atoms with Gasteiger partial charge in [-0.25, -0.2) is 4.98 Å². The van der Waals surface area contributed by atoms with E-state index < -0.39 is 0 Å². The van der Waals surface area contributed by atoms with Crippen molar-refractivity contribution in [3.63, 3.8) is 0 Å². The Morgan fingerprint density at radius 3 is 2.33 bits per heavy atom. The standard InChI is InChI=1S/C17H20Cl2N2/c1-11(14-7-6-13(18)9-15(14)19)21-16-8-5-12(10-20-16)17(2,3)4/h5-11H,1-4H3,(H,20,21). The maximum absolute atomic E-state index is 6.23. The van der Waals surface area contributed by atoms with Gasteiger partial charge in [-0.1, -0.05) is 56.1 Å². The molecule has 112 valence electrons. The molecule has 0 saturated carbocycles. The molecule has 0 amide bonds. The SMILES string of the molecule is CC(Nc1ccc(C(C)(C)C)cn1)c1ccc(Cl)cc1Cl. The van der Waals surface area contributed by atoms with Crippen molar-refractivity contribution in [1.29, 1.82) is 0 Å². The minimum Gasteiger partial charge on any atom is -0.363 e. The van der Waals surface area contributed by atoms with Gasteiger partial charge in [-0.15, -0.1) is 0 Å². The summed E-state index contributed by atoms with van der Waals surface area (Å²) in [5.41, 5.74) is 2.32. The molecule has 0 bridgehead atoms. The lowest BCUT2D eigenvalue weighted by Crippen LogP contribution is -2.13. The zero-order chi connectivity index (χ0) is 15.6. The number of halogens is 2. The Hall–Kier alpha value is -1.25. The Labute approximate surface area is 136 Å². The molecule has 1 N–H and O–H groups in total. The molecular formula is C17H20Cl2N2. The molecule has 0 aliphatic heterocycles. The first-order valence-corrected chi connectivity index (χ1v) is 7.71. The Kier molecular flexibility index (Phi) is 4.80. The molecule has 0 spiro atoms. The maximum Gasteiger partial charge on any atom is 0.126 e. The molecule has 2 aromatic rings. The van der Waals surface area contributed by atoms with Gasteiger partial charge in [0.25, 0.3) is 0 Å². The lowest BCUT2D eigenvalue weighted by Gasteiger charge is -2.20. The third-order valence-corrected chi connectivity index (χ3v) is 3.99. The Morgan fingerprint density at radius 2 is 1.81 bits per heavy atom. The summed E-state index contributed by atoms with van der Waals surface area (Å²) in [4.78, 5) is 4.48. The first-order valence-electron chi connectivity index (χ1n) is 6.95. The van der Waals surface area contributed by atoms with E-state index in [9.17, 15) is 0 Å². The molecule has 2 nitrogen and oxygen atoms in total. The Morgan fingerprint density at radius 1 is 1.10 bits per heavy atom. The van der Waals surface area contributed by atoms with Crippen LogP contribution in [0.3, 0.4) is 0 Å². The van der Waals surface area contributed by atoms with Gasteiger partial charge in [-0.3, -0.25) is 0 Å². The van der Waals surface area contributed by atoms with Crippen LogP contribution in [-0.4, -0.2) is 4.98 Å². The molecular weight excluding hydrogens is 303 g/mol. The Balaban J connectivity index is 2.14. The van der Waals surface area contributed by atoms with Crippen LogP contribution in [0.25, 0.3) is 0 Å². The van der Waals surface area contributed by atoms with Crippen molar-refractivity contribution in [2.24, 2.45) is 0 Å². The molecule has 1 atom stereocenters. The number of nitrogens with one attached hydrogen (secondary N) is 1. The third-order valence-electron chi connectivity index (χ3n) is 3.42. The van der Waals surface area contributed by atoms with E-state index in [4.69, 9.17) is 23.2 Å². The third kappa shape index (κ3) is 4.12. The van der Waals surface area contributed by atoms with Crippen molar-refractivity contribution in [1.82, 2.24) is 4.98 Å². The van der Waals surface area contributed by atoms with Crippen LogP contribution in [0.5, 0.6) is 0 Å². The lowest BCUT2D eigenvalue weighted by atomic mass is 9.88. The molecule has 4 heteroatoms. The number of hydrogen-bond acceptors (Lipinski definition) is 2. The van der Waals surface area contributed by atoms with Crippen molar-refractivity contribution in [3.8, 4) is 0 Å². The fourth-order valence-corrected chi connectivity index (χ4v) is 2.65. The Bertz CT molecular complexity index is 616. The zero-order valence-electron chi connectivity index (χ0n) is 12.7. The number of hydrogen-bond donors (Lipinski definition) is 1. The van der Waals surface area contributed by atoms with Gasteiger partial charge in [0.15, 0.2) is 0 Å². The van der Waals surface area contributed by atoms with E-state index in [2.05, 4.69) is 44.1 Å². The lowest BCUT2D eigenvalue weighted by molar-refractivity contribution is 0.587. The highest BCUT2D eigenvalue weighted by Crippen LogP contribution is 2.28. The largest absolute Gasteiger partial charge is 0.363 e. The highest BCUT2D eigenvalue weighted by atomic mass is 35.5. The van der Waals surface area contributed by atoms with E-state index >= 15 is 0 Å². The van der Waals surface area contributed by atoms with Gasteiger partial charge in [-0.05, 0) is 41.7 Å². The van der Waals surface area contributed by atoms with Crippen molar-refractivity contribution in [3.05, 3.63) is 57.7 Å². The summed E-state index contributed by atoms with van der Waals surface area (Å²) in [6, 6.07) is 9.70. The van der Waals surface area contributed by atoms with Crippen LogP contribution in [0.15, 0.2) is 36.5 Å². The number of rotatable bonds is 3. The van der Waals surface area contributed by atoms with Gasteiger partial charge in [0.05, 0.1) is 6.04 Å². The van der Waals surface area contributed by atoms with Crippen LogP contribution < -0.4 is 5.32 Å². The van der Waals surface area contributed by atoms with E-state index in [1.807, 2.05) is 24.4 Å². The summed E-state index contributed by atoms with van der Waals surface area (Å²) < 4.78 is 0. The van der Waals surface area contributed by atoms with Crippen molar-refractivity contribution < 1.29 is 0 Å². The second kappa shape index (κ2) is 6.25. The molecule has 1 aromatic heterocycles. The molecule has 0 aliphatic rings. The number of anilines is 1. The monoisotopic (exact) mass is 322 g/mol. The van der Waals surface area contributed by atoms with E-state index in [1.165, 1.54) is 5.56 Å². The van der Waals surface area contributed by atoms with Crippen LogP contribution in [0.1, 0.15) is 44.9 Å². The summed E-state index contributed by atoms with van der Waals surface area (Å²) in [5.74, 6) is 0.835. The highest BCUT2D eigenvalue weighted by Gasteiger charge is 2.15. The predicted octanol–water partition coefficient (Wildman–Crippen LogP) is 5.86. The van der Waals surface area contributed by atoms with Gasteiger partial charge in [-0.2, -0.15) is 0 Å². The summed E-state index contributed by atoms with van der Waals surface area (Å²) in [7, 11) is 0. The summed E-state index contributed by atoms with van der Waals surface area (Å²) >= 11 is 12.2. The molecule has 1 unspecified atom stereocenters. The van der Waals surface area contributed by atoms with Gasteiger partial charge in [0.2, 0.25) is 0 Å². The number of pyridine rings is 1. The van der Waals surface area contributed by atoms with Gasteiger partial charge < -0.3 is 5.32 Å². The molecule has 2 rings (SSSR count). The highest BCUT2D eigenvalue weighted by molar-refractivity contribution is 6.35. The van der Waals surface area contributed by atoms with Crippen LogP contribution in [-0.2, 0) is 5.41 Å². The predicted molar refractivity (Wildman–Crippen MR) is 91.4 cm³/mol. The van der Waals surface area contributed by atoms with E-state index in [0.29, 0.717) is 10.0 Å². The van der Waals surface area contributed by atoms with Crippen molar-refractivity contribution >= 4 is 29.0 Å². The van der Waals surface area contributed by atoms with Crippen LogP contribution >= 0.6 is 23.2 Å². The normalized spacial score (nSPS) is 13.0. The van der Waals surface area contributed by atoms with Gasteiger partial charge >= 0.3 is 0 Å². The minimum atomic E-state index is 0.0581. The zero-order valence-corrected chi connectivity index (χ0v) is 14.3. The minimum absolute atomic E-state index is 0.0581. The van der Waals surface area contributed by atoms with Crippen LogP contribution in [0.4, 0.5) is 5.82 Å². The fourth-order valence-electron chi connectivity index (χ4n) is 2.08. The van der Waals surface area contributed by atoms with Crippen molar-refractivity contribution in [2.75, 3.05) is 5.32 Å². The fraction of sp³-hybridized carbons (Fsp3) is 0.353. The number of benzene rings is 1. The summed E-state index contributed by atoms with van der Waals surface area (Å²) in [6.45, 7) is 8.57. The smallest absolute Gasteiger partial charge is 0.126 e. The molecule has 1 aromatic carbocycles. The average Bonchev–Trinajstić information content (AvgIpc) is 2.38. The molecule has 21 heavy (non-hydrogen) atoms. The van der Waals surface area contributed by atoms with E-state index in [-0.39, 0.29) is 11.5 Å². The summed E-state index contributed by atoms with van der Waals surface area (Å²) in [6.07, 6.45) is 1.92. The first-order chi connectivity index (χ1) is 9.77. The second-order valence-electron chi connectivity index (χ2n) is 6.21. The number of aromatic nitrogens is 1. The maximum atomic E-state index is 6.23.